The average molecular weight is 374 g/mol. The summed E-state index contributed by atoms with van der Waals surface area (Å²) in [6.07, 6.45) is 5.65. The molecule has 112 valence electrons. The molecule has 0 aromatic heterocycles. The van der Waals surface area contributed by atoms with E-state index < -0.39 is 27.6 Å². The monoisotopic (exact) mass is 373 g/mol. The molecule has 1 saturated heterocycles. The number of halogens is 2. The van der Waals surface area contributed by atoms with Gasteiger partial charge in [-0.15, -0.1) is 6.42 Å². The molecule has 0 spiro atoms. The summed E-state index contributed by atoms with van der Waals surface area (Å²) >= 11 is 3.14. The van der Waals surface area contributed by atoms with Gasteiger partial charge < -0.3 is 4.90 Å². The van der Waals surface area contributed by atoms with Crippen LogP contribution in [0.3, 0.4) is 0 Å². The van der Waals surface area contributed by atoms with Gasteiger partial charge in [0, 0.05) is 10.5 Å². The first-order chi connectivity index (χ1) is 9.84. The first-order valence-electron chi connectivity index (χ1n) is 6.24. The Labute approximate surface area is 131 Å². The van der Waals surface area contributed by atoms with Crippen LogP contribution in [0.1, 0.15) is 16.8 Å². The van der Waals surface area contributed by atoms with Crippen molar-refractivity contribution in [3.8, 4) is 12.3 Å². The average Bonchev–Trinajstić information content (AvgIpc) is 2.75. The second kappa shape index (κ2) is 6.16. The van der Waals surface area contributed by atoms with Crippen molar-refractivity contribution < 1.29 is 17.6 Å². The smallest absolute Gasteiger partial charge is 0.256 e. The van der Waals surface area contributed by atoms with E-state index in [0.29, 0.717) is 10.9 Å². The predicted octanol–water partition coefficient (Wildman–Crippen LogP) is 1.85. The van der Waals surface area contributed by atoms with Crippen LogP contribution in [0.4, 0.5) is 4.39 Å². The Kier molecular flexibility index (Phi) is 4.69. The van der Waals surface area contributed by atoms with Crippen LogP contribution in [0, 0.1) is 18.2 Å². The number of nitrogens with zero attached hydrogens (tertiary/aromatic N) is 1. The maximum absolute atomic E-state index is 13.1. The number of sulfone groups is 1. The quantitative estimate of drug-likeness (QED) is 0.759. The molecule has 1 fully saturated rings. The van der Waals surface area contributed by atoms with Crippen molar-refractivity contribution in [1.82, 2.24) is 4.90 Å². The first kappa shape index (κ1) is 16.0. The van der Waals surface area contributed by atoms with Gasteiger partial charge in [-0.2, -0.15) is 0 Å². The summed E-state index contributed by atoms with van der Waals surface area (Å²) in [5.41, 5.74) is 0.260. The number of benzene rings is 1. The Balaban J connectivity index is 2.30. The Morgan fingerprint density at radius 2 is 2.24 bits per heavy atom. The third-order valence-electron chi connectivity index (χ3n) is 3.33. The highest BCUT2D eigenvalue weighted by molar-refractivity contribution is 9.10. The lowest BCUT2D eigenvalue weighted by molar-refractivity contribution is 0.0723. The molecule has 21 heavy (non-hydrogen) atoms. The summed E-state index contributed by atoms with van der Waals surface area (Å²) in [7, 11) is -3.13. The molecule has 1 aromatic carbocycles. The van der Waals surface area contributed by atoms with Crippen LogP contribution in [0.15, 0.2) is 22.7 Å². The molecule has 1 atom stereocenters. The molecule has 0 radical (unpaired) electrons. The number of amides is 1. The fraction of sp³-hybridized carbons (Fsp3) is 0.357. The van der Waals surface area contributed by atoms with E-state index in [1.165, 1.54) is 23.1 Å². The van der Waals surface area contributed by atoms with E-state index in [9.17, 15) is 17.6 Å². The van der Waals surface area contributed by atoms with Crippen molar-refractivity contribution in [3.05, 3.63) is 34.1 Å². The van der Waals surface area contributed by atoms with E-state index in [-0.39, 0.29) is 23.6 Å². The third kappa shape index (κ3) is 3.63. The number of rotatable bonds is 3. The third-order valence-corrected chi connectivity index (χ3v) is 5.74. The molecule has 1 aliphatic heterocycles. The first-order valence-corrected chi connectivity index (χ1v) is 8.85. The second-order valence-electron chi connectivity index (χ2n) is 4.82. The van der Waals surface area contributed by atoms with E-state index in [4.69, 9.17) is 6.42 Å². The van der Waals surface area contributed by atoms with Gasteiger partial charge in [0.05, 0.1) is 23.6 Å². The normalized spacial score (nSPS) is 20.0. The molecule has 1 unspecified atom stereocenters. The van der Waals surface area contributed by atoms with E-state index in [1.807, 2.05) is 0 Å². The number of terminal acetylenes is 1. The van der Waals surface area contributed by atoms with Crippen LogP contribution in [0.2, 0.25) is 0 Å². The topological polar surface area (TPSA) is 54.5 Å². The number of hydrogen-bond acceptors (Lipinski definition) is 3. The molecule has 1 amide bonds. The summed E-state index contributed by atoms with van der Waals surface area (Å²) < 4.78 is 36.6. The fourth-order valence-electron chi connectivity index (χ4n) is 2.30. The summed E-state index contributed by atoms with van der Waals surface area (Å²) in [6.45, 7) is 0.0167. The van der Waals surface area contributed by atoms with Gasteiger partial charge in [-0.3, -0.25) is 4.79 Å². The zero-order valence-corrected chi connectivity index (χ0v) is 13.5. The van der Waals surface area contributed by atoms with Gasteiger partial charge in [0.1, 0.15) is 5.82 Å². The van der Waals surface area contributed by atoms with Gasteiger partial charge in [0.15, 0.2) is 9.84 Å². The molecule has 1 aliphatic rings. The van der Waals surface area contributed by atoms with Gasteiger partial charge in [-0.05, 0) is 40.5 Å². The fourth-order valence-corrected chi connectivity index (χ4v) is 4.56. The number of carbonyl (C=O) groups is 1. The van der Waals surface area contributed by atoms with Gasteiger partial charge in [-0.25, -0.2) is 12.8 Å². The van der Waals surface area contributed by atoms with E-state index >= 15 is 0 Å². The lowest BCUT2D eigenvalue weighted by atomic mass is 10.1. The van der Waals surface area contributed by atoms with Crippen LogP contribution < -0.4 is 0 Å². The van der Waals surface area contributed by atoms with E-state index in [2.05, 4.69) is 21.9 Å². The Hall–Kier alpha value is -1.39. The van der Waals surface area contributed by atoms with Crippen LogP contribution in [0.25, 0.3) is 0 Å². The standard InChI is InChI=1S/C14H13BrFNO3S/c1-2-6-17(11-5-7-21(19,20)9-11)14(18)12-4-3-10(16)8-13(12)15/h1,3-4,8,11H,5-7,9H2. The molecule has 7 heteroatoms. The van der Waals surface area contributed by atoms with Crippen LogP contribution >= 0.6 is 15.9 Å². The summed E-state index contributed by atoms with van der Waals surface area (Å²) in [5, 5.41) is 0. The summed E-state index contributed by atoms with van der Waals surface area (Å²) in [5.74, 6) is 1.47. The highest BCUT2D eigenvalue weighted by Crippen LogP contribution is 2.24. The zero-order chi connectivity index (χ0) is 15.6. The maximum atomic E-state index is 13.1. The van der Waals surface area contributed by atoms with Crippen molar-refractivity contribution in [1.29, 1.82) is 0 Å². The number of hydrogen-bond donors (Lipinski definition) is 0. The molecule has 2 rings (SSSR count). The number of carbonyl (C=O) groups excluding carboxylic acids is 1. The van der Waals surface area contributed by atoms with Gasteiger partial charge in [0.2, 0.25) is 0 Å². The van der Waals surface area contributed by atoms with E-state index in [1.54, 1.807) is 0 Å². The minimum Gasteiger partial charge on any atom is -0.323 e. The molecule has 1 aromatic rings. The lowest BCUT2D eigenvalue weighted by Gasteiger charge is -2.26. The van der Waals surface area contributed by atoms with Crippen molar-refractivity contribution >= 4 is 31.7 Å². The summed E-state index contributed by atoms with van der Waals surface area (Å²) in [6, 6.07) is 3.29. The molecule has 4 nitrogen and oxygen atoms in total. The van der Waals surface area contributed by atoms with Crippen LogP contribution in [-0.2, 0) is 9.84 Å². The van der Waals surface area contributed by atoms with Gasteiger partial charge >= 0.3 is 0 Å². The SMILES string of the molecule is C#CCN(C(=O)c1ccc(F)cc1Br)C1CCS(=O)(=O)C1. The molecular formula is C14H13BrFNO3S. The minimum absolute atomic E-state index is 0.0167. The van der Waals surface area contributed by atoms with Crippen molar-refractivity contribution in [2.75, 3.05) is 18.1 Å². The predicted molar refractivity (Wildman–Crippen MR) is 81.0 cm³/mol. The Bertz CT molecular complexity index is 711. The largest absolute Gasteiger partial charge is 0.323 e. The van der Waals surface area contributed by atoms with Crippen molar-refractivity contribution in [3.63, 3.8) is 0 Å². The molecular weight excluding hydrogens is 361 g/mol. The zero-order valence-electron chi connectivity index (χ0n) is 11.1. The van der Waals surface area contributed by atoms with Crippen LogP contribution in [0.5, 0.6) is 0 Å². The highest BCUT2D eigenvalue weighted by atomic mass is 79.9. The molecule has 0 N–H and O–H groups in total. The van der Waals surface area contributed by atoms with Crippen molar-refractivity contribution in [2.24, 2.45) is 0 Å². The molecule has 0 saturated carbocycles. The van der Waals surface area contributed by atoms with E-state index in [0.717, 1.165) is 0 Å². The van der Waals surface area contributed by atoms with Crippen molar-refractivity contribution in [2.45, 2.75) is 12.5 Å². The Morgan fingerprint density at radius 3 is 2.76 bits per heavy atom. The lowest BCUT2D eigenvalue weighted by Crippen LogP contribution is -2.41. The van der Waals surface area contributed by atoms with Crippen LogP contribution in [-0.4, -0.2) is 43.3 Å². The highest BCUT2D eigenvalue weighted by Gasteiger charge is 2.35. The Morgan fingerprint density at radius 1 is 1.52 bits per heavy atom. The summed E-state index contributed by atoms with van der Waals surface area (Å²) in [4.78, 5) is 13.9. The maximum Gasteiger partial charge on any atom is 0.256 e. The van der Waals surface area contributed by atoms with Gasteiger partial charge in [-0.1, -0.05) is 5.92 Å². The molecule has 0 aliphatic carbocycles. The molecule has 0 bridgehead atoms. The minimum atomic E-state index is -3.13. The van der Waals surface area contributed by atoms with Gasteiger partial charge in [0.25, 0.3) is 5.91 Å². The molecule has 1 heterocycles. The second-order valence-corrected chi connectivity index (χ2v) is 7.90.